The van der Waals surface area contributed by atoms with E-state index < -0.39 is 6.92 Å². The van der Waals surface area contributed by atoms with Gasteiger partial charge >= 0.3 is 12.6 Å². The van der Waals surface area contributed by atoms with Crippen molar-refractivity contribution in [2.24, 2.45) is 5.73 Å². The van der Waals surface area contributed by atoms with Crippen LogP contribution in [0.15, 0.2) is 53.5 Å². The Hall–Kier alpha value is -3.16. The zero-order chi connectivity index (χ0) is 25.6. The number of fused-ring (bicyclic) bond motifs is 2. The average molecular weight is 482 g/mol. The van der Waals surface area contributed by atoms with Gasteiger partial charge in [-0.3, -0.25) is 4.57 Å². The lowest BCUT2D eigenvalue weighted by Gasteiger charge is -2.19. The standard InChI is InChI=1S/C29H35BN4O2/c1-18(31)6-5-7-19-14-20(15-25-24(19)12-13-30(25)36)26-16-21-17-34(28(35)33-27(21)32-26)23-10-8-22(9-11-23)29(2,3)4/h8-11,14-18,36H,5-7,12-13,31H2,1-4H3,(H,32,33,35)/t18-/m0/s1. The largest absolute Gasteiger partial charge is 0.446 e. The van der Waals surface area contributed by atoms with Gasteiger partial charge in [0, 0.05) is 23.3 Å². The number of H-pyrrole nitrogens is 1. The summed E-state index contributed by atoms with van der Waals surface area (Å²) in [6, 6.07) is 14.6. The van der Waals surface area contributed by atoms with E-state index in [1.54, 1.807) is 4.57 Å². The van der Waals surface area contributed by atoms with Gasteiger partial charge in [0.2, 0.25) is 0 Å². The summed E-state index contributed by atoms with van der Waals surface area (Å²) in [4.78, 5) is 20.6. The van der Waals surface area contributed by atoms with E-state index in [0.717, 1.165) is 59.8 Å². The van der Waals surface area contributed by atoms with Crippen molar-refractivity contribution in [1.82, 2.24) is 14.5 Å². The van der Waals surface area contributed by atoms with Crippen molar-refractivity contribution in [2.75, 3.05) is 0 Å². The Morgan fingerprint density at radius 1 is 1.19 bits per heavy atom. The van der Waals surface area contributed by atoms with E-state index in [1.165, 1.54) is 16.7 Å². The van der Waals surface area contributed by atoms with E-state index in [-0.39, 0.29) is 17.1 Å². The zero-order valence-corrected chi connectivity index (χ0v) is 21.6. The molecule has 7 heteroatoms. The number of hydrogen-bond donors (Lipinski definition) is 3. The van der Waals surface area contributed by atoms with Crippen molar-refractivity contribution in [2.45, 2.75) is 71.2 Å². The number of aromatic amines is 1. The average Bonchev–Trinajstić information content (AvgIpc) is 3.41. The molecule has 0 saturated heterocycles. The number of aryl methyl sites for hydroxylation is 1. The summed E-state index contributed by atoms with van der Waals surface area (Å²) >= 11 is 0. The van der Waals surface area contributed by atoms with Crippen molar-refractivity contribution < 1.29 is 5.02 Å². The van der Waals surface area contributed by atoms with Crippen molar-refractivity contribution in [3.05, 3.63) is 75.8 Å². The van der Waals surface area contributed by atoms with E-state index in [9.17, 15) is 9.82 Å². The highest BCUT2D eigenvalue weighted by Gasteiger charge is 2.28. The molecule has 0 saturated carbocycles. The molecule has 2 aromatic carbocycles. The van der Waals surface area contributed by atoms with Gasteiger partial charge in [-0.25, -0.2) is 4.79 Å². The lowest BCUT2D eigenvalue weighted by molar-refractivity contribution is 0.587. The highest BCUT2D eigenvalue weighted by molar-refractivity contribution is 6.68. The molecule has 0 radical (unpaired) electrons. The lowest BCUT2D eigenvalue weighted by Crippen LogP contribution is -2.27. The molecule has 0 spiro atoms. The van der Waals surface area contributed by atoms with Crippen LogP contribution < -0.4 is 16.9 Å². The van der Waals surface area contributed by atoms with Crippen molar-refractivity contribution >= 4 is 23.4 Å². The van der Waals surface area contributed by atoms with Crippen LogP contribution in [-0.2, 0) is 18.3 Å². The molecule has 186 valence electrons. The van der Waals surface area contributed by atoms with Crippen LogP contribution in [0.3, 0.4) is 0 Å². The topological polar surface area (TPSA) is 96.9 Å². The van der Waals surface area contributed by atoms with E-state index in [1.807, 2.05) is 31.3 Å². The summed E-state index contributed by atoms with van der Waals surface area (Å²) in [7, 11) is 0. The number of aromatic nitrogens is 3. The molecule has 3 heterocycles. The Morgan fingerprint density at radius 2 is 1.94 bits per heavy atom. The molecule has 0 bridgehead atoms. The molecule has 1 aliphatic heterocycles. The predicted molar refractivity (Wildman–Crippen MR) is 149 cm³/mol. The monoisotopic (exact) mass is 482 g/mol. The third kappa shape index (κ3) is 4.78. The Bertz CT molecular complexity index is 1460. The predicted octanol–water partition coefficient (Wildman–Crippen LogP) is 4.10. The highest BCUT2D eigenvalue weighted by atomic mass is 16.2. The van der Waals surface area contributed by atoms with Crippen LogP contribution in [0.5, 0.6) is 0 Å². The Morgan fingerprint density at radius 3 is 2.64 bits per heavy atom. The molecule has 0 aliphatic carbocycles. The quantitative estimate of drug-likeness (QED) is 0.361. The van der Waals surface area contributed by atoms with Crippen molar-refractivity contribution in [1.29, 1.82) is 0 Å². The number of nitrogens with zero attached hydrogens (tertiary/aromatic N) is 2. The van der Waals surface area contributed by atoms with E-state index in [4.69, 9.17) is 5.73 Å². The Labute approximate surface area is 212 Å². The maximum Gasteiger partial charge on any atom is 0.354 e. The molecule has 0 amide bonds. The maximum atomic E-state index is 12.9. The lowest BCUT2D eigenvalue weighted by atomic mass is 9.62. The second kappa shape index (κ2) is 9.38. The highest BCUT2D eigenvalue weighted by Crippen LogP contribution is 2.29. The first-order chi connectivity index (χ1) is 17.1. The van der Waals surface area contributed by atoms with E-state index in [2.05, 4.69) is 55.0 Å². The molecule has 1 aliphatic rings. The van der Waals surface area contributed by atoms with Gasteiger partial charge in [-0.05, 0) is 96.3 Å². The molecule has 1 atom stereocenters. The van der Waals surface area contributed by atoms with Gasteiger partial charge in [0.1, 0.15) is 5.65 Å². The summed E-state index contributed by atoms with van der Waals surface area (Å²) < 4.78 is 1.60. The molecule has 36 heavy (non-hydrogen) atoms. The van der Waals surface area contributed by atoms with Crippen LogP contribution in [0, 0.1) is 0 Å². The van der Waals surface area contributed by atoms with Crippen LogP contribution in [0.25, 0.3) is 28.0 Å². The van der Waals surface area contributed by atoms with Crippen LogP contribution >= 0.6 is 0 Å². The van der Waals surface area contributed by atoms with Gasteiger partial charge in [0.25, 0.3) is 0 Å². The third-order valence-corrected chi connectivity index (χ3v) is 7.34. The zero-order valence-electron chi connectivity index (χ0n) is 21.6. The maximum absolute atomic E-state index is 12.9. The molecular formula is C29H35BN4O2. The van der Waals surface area contributed by atoms with Crippen molar-refractivity contribution in [3.8, 4) is 16.9 Å². The van der Waals surface area contributed by atoms with Crippen LogP contribution in [0.4, 0.5) is 0 Å². The smallest absolute Gasteiger partial charge is 0.354 e. The van der Waals surface area contributed by atoms with Gasteiger partial charge in [0.05, 0.1) is 5.69 Å². The van der Waals surface area contributed by atoms with Gasteiger partial charge in [-0.1, -0.05) is 39.0 Å². The van der Waals surface area contributed by atoms with Gasteiger partial charge in [0.15, 0.2) is 0 Å². The summed E-state index contributed by atoms with van der Waals surface area (Å²) in [5, 5.41) is 11.5. The first-order valence-corrected chi connectivity index (χ1v) is 12.9. The molecule has 5 rings (SSSR count). The van der Waals surface area contributed by atoms with Gasteiger partial charge < -0.3 is 15.7 Å². The Kier molecular flexibility index (Phi) is 6.39. The fourth-order valence-corrected chi connectivity index (χ4v) is 5.25. The summed E-state index contributed by atoms with van der Waals surface area (Å²) in [6.45, 7) is 8.13. The number of benzene rings is 2. The fraction of sp³-hybridized carbons (Fsp3) is 0.379. The summed E-state index contributed by atoms with van der Waals surface area (Å²) in [6.07, 6.45) is 6.46. The van der Waals surface area contributed by atoms with Gasteiger partial charge in [-0.15, -0.1) is 0 Å². The minimum atomic E-state index is -0.430. The van der Waals surface area contributed by atoms with E-state index in [0.29, 0.717) is 5.65 Å². The molecule has 4 aromatic rings. The van der Waals surface area contributed by atoms with Crippen LogP contribution in [0.2, 0.25) is 6.32 Å². The fourth-order valence-electron chi connectivity index (χ4n) is 5.25. The minimum absolute atomic E-state index is 0.0477. The minimum Gasteiger partial charge on any atom is -0.446 e. The number of hydrogen-bond acceptors (Lipinski definition) is 4. The molecule has 0 fully saturated rings. The normalized spacial score (nSPS) is 14.4. The second-order valence-electron chi connectivity index (χ2n) is 11.3. The SMILES string of the molecule is C[C@H](N)CCCc1cc(-c2cc3cn(-c4ccc(C(C)(C)C)cc4)c(=O)nc3[nH]2)cc2c1CCB2O. The number of nitrogens with one attached hydrogen (secondary N) is 1. The summed E-state index contributed by atoms with van der Waals surface area (Å²) in [5.41, 5.74) is 13.8. The van der Waals surface area contributed by atoms with Crippen LogP contribution in [0.1, 0.15) is 57.2 Å². The molecule has 0 unspecified atom stereocenters. The van der Waals surface area contributed by atoms with Gasteiger partial charge in [-0.2, -0.15) is 4.98 Å². The number of nitrogens with two attached hydrogens (primary N) is 1. The number of rotatable bonds is 6. The molecule has 2 aromatic heterocycles. The molecule has 4 N–H and O–H groups in total. The van der Waals surface area contributed by atoms with E-state index >= 15 is 0 Å². The Balaban J connectivity index is 1.52. The second-order valence-corrected chi connectivity index (χ2v) is 11.3. The summed E-state index contributed by atoms with van der Waals surface area (Å²) in [5.74, 6) is 0. The van der Waals surface area contributed by atoms with Crippen LogP contribution in [-0.4, -0.2) is 32.5 Å². The molecular weight excluding hydrogens is 447 g/mol. The third-order valence-electron chi connectivity index (χ3n) is 7.34. The van der Waals surface area contributed by atoms with Crippen molar-refractivity contribution in [3.63, 3.8) is 0 Å². The molecule has 6 nitrogen and oxygen atoms in total. The first kappa shape index (κ1) is 24.5. The first-order valence-electron chi connectivity index (χ1n) is 12.9.